The summed E-state index contributed by atoms with van der Waals surface area (Å²) in [5, 5.41) is 3.30. The molecule has 1 nitrogen and oxygen atoms in total. The van der Waals surface area contributed by atoms with E-state index in [0.29, 0.717) is 12.0 Å². The lowest BCUT2D eigenvalue weighted by atomic mass is 9.89. The SMILES string of the molecule is CNC(C)/C(C)=C/C(c1ccccc1)c1ccccc1. The number of rotatable bonds is 5. The highest BCUT2D eigenvalue weighted by atomic mass is 14.9. The minimum absolute atomic E-state index is 0.313. The predicted octanol–water partition coefficient (Wildman–Crippen LogP) is 4.37. The van der Waals surface area contributed by atoms with Crippen molar-refractivity contribution < 1.29 is 0 Å². The third-order valence-electron chi connectivity index (χ3n) is 3.86. The topological polar surface area (TPSA) is 12.0 Å². The van der Waals surface area contributed by atoms with Crippen LogP contribution in [-0.2, 0) is 0 Å². The molecule has 0 spiro atoms. The van der Waals surface area contributed by atoms with E-state index in [9.17, 15) is 0 Å². The van der Waals surface area contributed by atoms with Gasteiger partial charge < -0.3 is 5.32 Å². The van der Waals surface area contributed by atoms with E-state index in [1.807, 2.05) is 7.05 Å². The Morgan fingerprint density at radius 1 is 0.900 bits per heavy atom. The van der Waals surface area contributed by atoms with Crippen molar-refractivity contribution in [3.05, 3.63) is 83.4 Å². The molecule has 2 aromatic carbocycles. The quantitative estimate of drug-likeness (QED) is 0.791. The molecule has 0 aliphatic heterocycles. The van der Waals surface area contributed by atoms with Gasteiger partial charge in [-0.15, -0.1) is 0 Å². The zero-order valence-electron chi connectivity index (χ0n) is 12.5. The lowest BCUT2D eigenvalue weighted by Gasteiger charge is -2.18. The largest absolute Gasteiger partial charge is 0.314 e. The Balaban J connectivity index is 2.41. The van der Waals surface area contributed by atoms with Crippen molar-refractivity contribution in [1.82, 2.24) is 5.32 Å². The van der Waals surface area contributed by atoms with Gasteiger partial charge in [0.25, 0.3) is 0 Å². The second-order valence-electron chi connectivity index (χ2n) is 5.22. The fourth-order valence-electron chi connectivity index (χ4n) is 2.34. The standard InChI is InChI=1S/C19H23N/c1-15(16(2)20-3)14-19(17-10-6-4-7-11-17)18-12-8-5-9-13-18/h4-14,16,19-20H,1-3H3/b15-14+. The molecular weight excluding hydrogens is 242 g/mol. The van der Waals surface area contributed by atoms with Gasteiger partial charge in [-0.05, 0) is 32.0 Å². The molecule has 1 N–H and O–H groups in total. The molecule has 1 atom stereocenters. The average Bonchev–Trinajstić information content (AvgIpc) is 2.53. The summed E-state index contributed by atoms with van der Waals surface area (Å²) >= 11 is 0. The van der Waals surface area contributed by atoms with E-state index in [4.69, 9.17) is 0 Å². The monoisotopic (exact) mass is 265 g/mol. The van der Waals surface area contributed by atoms with Crippen molar-refractivity contribution in [2.75, 3.05) is 7.05 Å². The van der Waals surface area contributed by atoms with Gasteiger partial charge in [-0.1, -0.05) is 72.3 Å². The van der Waals surface area contributed by atoms with E-state index < -0.39 is 0 Å². The molecule has 0 bridgehead atoms. The molecule has 0 aromatic heterocycles. The molecule has 20 heavy (non-hydrogen) atoms. The van der Waals surface area contributed by atoms with E-state index >= 15 is 0 Å². The number of likely N-dealkylation sites (N-methyl/N-ethyl adjacent to an activating group) is 1. The van der Waals surface area contributed by atoms with Crippen molar-refractivity contribution in [1.29, 1.82) is 0 Å². The molecule has 0 aliphatic carbocycles. The molecule has 0 saturated carbocycles. The van der Waals surface area contributed by atoms with Crippen LogP contribution in [0.4, 0.5) is 0 Å². The smallest absolute Gasteiger partial charge is 0.0272 e. The summed E-state index contributed by atoms with van der Waals surface area (Å²) in [7, 11) is 2.00. The van der Waals surface area contributed by atoms with Crippen LogP contribution in [0.25, 0.3) is 0 Å². The maximum absolute atomic E-state index is 3.30. The van der Waals surface area contributed by atoms with Crippen molar-refractivity contribution in [3.63, 3.8) is 0 Å². The number of hydrogen-bond donors (Lipinski definition) is 1. The Bertz CT molecular complexity index is 503. The van der Waals surface area contributed by atoms with Crippen LogP contribution >= 0.6 is 0 Å². The normalized spacial score (nSPS) is 13.5. The van der Waals surface area contributed by atoms with Gasteiger partial charge in [0.1, 0.15) is 0 Å². The molecule has 0 heterocycles. The van der Waals surface area contributed by atoms with Gasteiger partial charge in [0.15, 0.2) is 0 Å². The number of benzene rings is 2. The lowest BCUT2D eigenvalue weighted by Crippen LogP contribution is -2.22. The molecule has 0 fully saturated rings. The Morgan fingerprint density at radius 3 is 1.75 bits per heavy atom. The van der Waals surface area contributed by atoms with E-state index in [1.165, 1.54) is 16.7 Å². The first kappa shape index (κ1) is 14.5. The second-order valence-corrected chi connectivity index (χ2v) is 5.22. The third kappa shape index (κ3) is 3.58. The average molecular weight is 265 g/mol. The van der Waals surface area contributed by atoms with Gasteiger partial charge in [-0.2, -0.15) is 0 Å². The van der Waals surface area contributed by atoms with Crippen LogP contribution in [0, 0.1) is 0 Å². The molecule has 1 unspecified atom stereocenters. The highest BCUT2D eigenvalue weighted by Crippen LogP contribution is 2.27. The van der Waals surface area contributed by atoms with Crippen LogP contribution in [0.5, 0.6) is 0 Å². The van der Waals surface area contributed by atoms with Crippen LogP contribution in [0.15, 0.2) is 72.3 Å². The maximum atomic E-state index is 3.30. The Labute approximate surface area is 122 Å². The minimum Gasteiger partial charge on any atom is -0.314 e. The summed E-state index contributed by atoms with van der Waals surface area (Å²) in [6.45, 7) is 4.39. The van der Waals surface area contributed by atoms with Crippen LogP contribution in [0.1, 0.15) is 30.9 Å². The zero-order valence-corrected chi connectivity index (χ0v) is 12.5. The molecule has 0 aliphatic rings. The van der Waals surface area contributed by atoms with Crippen molar-refractivity contribution in [2.24, 2.45) is 0 Å². The predicted molar refractivity (Wildman–Crippen MR) is 87.0 cm³/mol. The fourth-order valence-corrected chi connectivity index (χ4v) is 2.34. The molecular formula is C19H23N. The van der Waals surface area contributed by atoms with Crippen molar-refractivity contribution in [2.45, 2.75) is 25.8 Å². The molecule has 2 rings (SSSR count). The van der Waals surface area contributed by atoms with Gasteiger partial charge in [0, 0.05) is 12.0 Å². The van der Waals surface area contributed by atoms with Crippen molar-refractivity contribution >= 4 is 0 Å². The van der Waals surface area contributed by atoms with Crippen LogP contribution in [-0.4, -0.2) is 13.1 Å². The van der Waals surface area contributed by atoms with E-state index in [1.54, 1.807) is 0 Å². The van der Waals surface area contributed by atoms with Gasteiger partial charge in [0.05, 0.1) is 0 Å². The molecule has 1 heteroatoms. The first-order valence-corrected chi connectivity index (χ1v) is 7.18. The summed E-state index contributed by atoms with van der Waals surface area (Å²) < 4.78 is 0. The van der Waals surface area contributed by atoms with Gasteiger partial charge in [-0.3, -0.25) is 0 Å². The Morgan fingerprint density at radius 2 is 1.35 bits per heavy atom. The van der Waals surface area contributed by atoms with E-state index in [2.05, 4.69) is 85.9 Å². The van der Waals surface area contributed by atoms with Gasteiger partial charge >= 0.3 is 0 Å². The zero-order chi connectivity index (χ0) is 14.4. The van der Waals surface area contributed by atoms with E-state index in [0.717, 1.165) is 0 Å². The molecule has 0 radical (unpaired) electrons. The number of allylic oxidation sites excluding steroid dienone is 1. The summed E-state index contributed by atoms with van der Waals surface area (Å²) in [5.41, 5.74) is 4.04. The molecule has 0 amide bonds. The molecule has 0 saturated heterocycles. The first-order valence-electron chi connectivity index (χ1n) is 7.18. The first-order chi connectivity index (χ1) is 9.72. The second kappa shape index (κ2) is 7.06. The van der Waals surface area contributed by atoms with Crippen LogP contribution in [0.2, 0.25) is 0 Å². The summed E-state index contributed by atoms with van der Waals surface area (Å²) in [5.74, 6) is 0.313. The Kier molecular flexibility index (Phi) is 5.14. The van der Waals surface area contributed by atoms with Crippen LogP contribution < -0.4 is 5.32 Å². The lowest BCUT2D eigenvalue weighted by molar-refractivity contribution is 0.687. The Hall–Kier alpha value is -1.86. The maximum Gasteiger partial charge on any atom is 0.0272 e. The highest BCUT2D eigenvalue weighted by Gasteiger charge is 2.12. The minimum atomic E-state index is 0.313. The van der Waals surface area contributed by atoms with Gasteiger partial charge in [0.2, 0.25) is 0 Å². The number of nitrogens with one attached hydrogen (secondary N) is 1. The van der Waals surface area contributed by atoms with E-state index in [-0.39, 0.29) is 0 Å². The summed E-state index contributed by atoms with van der Waals surface area (Å²) in [6, 6.07) is 21.8. The number of hydrogen-bond acceptors (Lipinski definition) is 1. The molecule has 104 valence electrons. The van der Waals surface area contributed by atoms with Crippen molar-refractivity contribution in [3.8, 4) is 0 Å². The van der Waals surface area contributed by atoms with Crippen LogP contribution in [0.3, 0.4) is 0 Å². The third-order valence-corrected chi connectivity index (χ3v) is 3.86. The highest BCUT2D eigenvalue weighted by molar-refractivity contribution is 5.38. The molecule has 2 aromatic rings. The summed E-state index contributed by atoms with van der Waals surface area (Å²) in [6.07, 6.45) is 2.37. The fraction of sp³-hybridized carbons (Fsp3) is 0.263. The van der Waals surface area contributed by atoms with Gasteiger partial charge in [-0.25, -0.2) is 0 Å². The summed E-state index contributed by atoms with van der Waals surface area (Å²) in [4.78, 5) is 0.